The molecule has 2 atom stereocenters. The summed E-state index contributed by atoms with van der Waals surface area (Å²) in [6.07, 6.45) is 2.05. The van der Waals surface area contributed by atoms with Gasteiger partial charge in [0.25, 0.3) is 0 Å². The molecule has 2 unspecified atom stereocenters. The van der Waals surface area contributed by atoms with Gasteiger partial charge in [0, 0.05) is 19.6 Å². The van der Waals surface area contributed by atoms with Gasteiger partial charge >= 0.3 is 5.97 Å². The molecular weight excluding hydrogens is 222 g/mol. The third-order valence-electron chi connectivity index (χ3n) is 3.94. The molecule has 0 aromatic rings. The van der Waals surface area contributed by atoms with Crippen LogP contribution in [0.25, 0.3) is 0 Å². The highest BCUT2D eigenvalue weighted by Crippen LogP contribution is 2.43. The first-order chi connectivity index (χ1) is 8.15. The van der Waals surface area contributed by atoms with Gasteiger partial charge in [0.2, 0.25) is 0 Å². The Morgan fingerprint density at radius 3 is 2.88 bits per heavy atom. The molecule has 2 saturated heterocycles. The van der Waals surface area contributed by atoms with Crippen molar-refractivity contribution in [3.05, 3.63) is 0 Å². The van der Waals surface area contributed by atoms with E-state index in [1.54, 1.807) is 6.92 Å². The summed E-state index contributed by atoms with van der Waals surface area (Å²) >= 11 is 0. The van der Waals surface area contributed by atoms with Crippen molar-refractivity contribution in [2.75, 3.05) is 32.9 Å². The average Bonchev–Trinajstić information content (AvgIpc) is 2.79. The Morgan fingerprint density at radius 2 is 2.35 bits per heavy atom. The van der Waals surface area contributed by atoms with Gasteiger partial charge in [-0.1, -0.05) is 0 Å². The van der Waals surface area contributed by atoms with Crippen LogP contribution in [0.3, 0.4) is 0 Å². The zero-order chi connectivity index (χ0) is 12.4. The van der Waals surface area contributed by atoms with Crippen LogP contribution in [0.5, 0.6) is 0 Å². The van der Waals surface area contributed by atoms with Crippen LogP contribution in [0.15, 0.2) is 0 Å². The number of carbonyl (C=O) groups is 1. The van der Waals surface area contributed by atoms with Gasteiger partial charge in [-0.2, -0.15) is 0 Å². The summed E-state index contributed by atoms with van der Waals surface area (Å²) in [5.41, 5.74) is -1.91. The van der Waals surface area contributed by atoms with Crippen molar-refractivity contribution in [2.45, 2.75) is 31.8 Å². The lowest BCUT2D eigenvalue weighted by atomic mass is 9.66. The SMILES string of the molecule is CCOC(=O)C1(C2(O)CCOC2)CCCNC1. The van der Waals surface area contributed by atoms with Gasteiger partial charge in [0.1, 0.15) is 11.0 Å². The van der Waals surface area contributed by atoms with Crippen molar-refractivity contribution in [2.24, 2.45) is 5.41 Å². The number of hydrogen-bond donors (Lipinski definition) is 2. The van der Waals surface area contributed by atoms with Gasteiger partial charge in [0.05, 0.1) is 13.2 Å². The molecule has 0 bridgehead atoms. The second-order valence-corrected chi connectivity index (χ2v) is 4.92. The van der Waals surface area contributed by atoms with Gasteiger partial charge in [-0.05, 0) is 26.3 Å². The first kappa shape index (κ1) is 12.8. The maximum atomic E-state index is 12.2. The first-order valence-electron chi connectivity index (χ1n) is 6.33. The number of rotatable bonds is 3. The molecule has 2 rings (SSSR count). The molecule has 2 fully saturated rings. The van der Waals surface area contributed by atoms with Crippen LogP contribution in [-0.4, -0.2) is 49.6 Å². The topological polar surface area (TPSA) is 67.8 Å². The molecule has 2 heterocycles. The third kappa shape index (κ3) is 2.07. The standard InChI is InChI=1S/C12H21NO4/c1-2-17-10(14)11(4-3-6-13-8-11)12(15)5-7-16-9-12/h13,15H,2-9H2,1H3. The summed E-state index contributed by atoms with van der Waals surface area (Å²) in [5, 5.41) is 13.9. The molecule has 2 aliphatic heterocycles. The van der Waals surface area contributed by atoms with Gasteiger partial charge in [-0.25, -0.2) is 0 Å². The highest BCUT2D eigenvalue weighted by molar-refractivity contribution is 5.79. The zero-order valence-electron chi connectivity index (χ0n) is 10.3. The number of carbonyl (C=O) groups excluding carboxylic acids is 1. The van der Waals surface area contributed by atoms with E-state index in [1.165, 1.54) is 0 Å². The molecule has 5 heteroatoms. The monoisotopic (exact) mass is 243 g/mol. The van der Waals surface area contributed by atoms with Crippen molar-refractivity contribution in [3.63, 3.8) is 0 Å². The van der Waals surface area contributed by atoms with Gasteiger partial charge in [-0.3, -0.25) is 4.79 Å². The second-order valence-electron chi connectivity index (χ2n) is 4.92. The molecular formula is C12H21NO4. The van der Waals surface area contributed by atoms with E-state index in [4.69, 9.17) is 9.47 Å². The number of aliphatic hydroxyl groups is 1. The maximum absolute atomic E-state index is 12.2. The molecule has 0 radical (unpaired) electrons. The minimum absolute atomic E-state index is 0.230. The zero-order valence-corrected chi connectivity index (χ0v) is 10.3. The highest BCUT2D eigenvalue weighted by atomic mass is 16.5. The Kier molecular flexibility index (Phi) is 3.70. The summed E-state index contributed by atoms with van der Waals surface area (Å²) in [4.78, 5) is 12.2. The fourth-order valence-corrected chi connectivity index (χ4v) is 2.87. The fraction of sp³-hybridized carbons (Fsp3) is 0.917. The molecule has 0 aliphatic carbocycles. The largest absolute Gasteiger partial charge is 0.465 e. The highest BCUT2D eigenvalue weighted by Gasteiger charge is 2.58. The number of hydrogen-bond acceptors (Lipinski definition) is 5. The summed E-state index contributed by atoms with van der Waals surface area (Å²) in [6.45, 7) is 4.24. The summed E-state index contributed by atoms with van der Waals surface area (Å²) < 4.78 is 10.4. The van der Waals surface area contributed by atoms with Crippen molar-refractivity contribution >= 4 is 5.97 Å². The van der Waals surface area contributed by atoms with Crippen molar-refractivity contribution in [1.29, 1.82) is 0 Å². The molecule has 2 N–H and O–H groups in total. The molecule has 2 aliphatic rings. The van der Waals surface area contributed by atoms with E-state index < -0.39 is 11.0 Å². The van der Waals surface area contributed by atoms with E-state index in [1.807, 2.05) is 0 Å². The lowest BCUT2D eigenvalue weighted by Crippen LogP contribution is -2.61. The summed E-state index contributed by atoms with van der Waals surface area (Å²) in [7, 11) is 0. The molecule has 17 heavy (non-hydrogen) atoms. The average molecular weight is 243 g/mol. The first-order valence-corrected chi connectivity index (χ1v) is 6.33. The van der Waals surface area contributed by atoms with Crippen LogP contribution in [0.1, 0.15) is 26.2 Å². The third-order valence-corrected chi connectivity index (χ3v) is 3.94. The maximum Gasteiger partial charge on any atom is 0.316 e. The Balaban J connectivity index is 2.25. The minimum Gasteiger partial charge on any atom is -0.465 e. The van der Waals surface area contributed by atoms with Crippen LogP contribution >= 0.6 is 0 Å². The van der Waals surface area contributed by atoms with E-state index in [2.05, 4.69) is 5.32 Å². The molecule has 0 aromatic heterocycles. The Hall–Kier alpha value is -0.650. The van der Waals surface area contributed by atoms with Gasteiger partial charge < -0.3 is 19.9 Å². The number of piperidine rings is 1. The van der Waals surface area contributed by atoms with Crippen LogP contribution in [0, 0.1) is 5.41 Å². The van der Waals surface area contributed by atoms with Crippen molar-refractivity contribution in [1.82, 2.24) is 5.32 Å². The molecule has 5 nitrogen and oxygen atoms in total. The van der Waals surface area contributed by atoms with Gasteiger partial charge in [0.15, 0.2) is 0 Å². The van der Waals surface area contributed by atoms with E-state index >= 15 is 0 Å². The predicted octanol–water partition coefficient (Wildman–Crippen LogP) is 0.0707. The summed E-state index contributed by atoms with van der Waals surface area (Å²) in [6, 6.07) is 0. The lowest BCUT2D eigenvalue weighted by Gasteiger charge is -2.44. The number of esters is 1. The predicted molar refractivity (Wildman–Crippen MR) is 61.6 cm³/mol. The Morgan fingerprint density at radius 1 is 1.53 bits per heavy atom. The van der Waals surface area contributed by atoms with Gasteiger partial charge in [-0.15, -0.1) is 0 Å². The van der Waals surface area contributed by atoms with Crippen molar-refractivity contribution < 1.29 is 19.4 Å². The van der Waals surface area contributed by atoms with E-state index in [0.717, 1.165) is 13.0 Å². The van der Waals surface area contributed by atoms with E-state index in [9.17, 15) is 9.90 Å². The normalized spacial score (nSPS) is 38.0. The van der Waals surface area contributed by atoms with Crippen molar-refractivity contribution in [3.8, 4) is 0 Å². The Labute approximate surface area is 101 Å². The fourth-order valence-electron chi connectivity index (χ4n) is 2.87. The second kappa shape index (κ2) is 4.92. The smallest absolute Gasteiger partial charge is 0.316 e. The van der Waals surface area contributed by atoms with Crippen LogP contribution in [-0.2, 0) is 14.3 Å². The minimum atomic E-state index is -1.08. The van der Waals surface area contributed by atoms with E-state index in [-0.39, 0.29) is 12.6 Å². The molecule has 0 aromatic carbocycles. The lowest BCUT2D eigenvalue weighted by molar-refractivity contribution is -0.178. The van der Waals surface area contributed by atoms with Crippen LogP contribution in [0.2, 0.25) is 0 Å². The van der Waals surface area contributed by atoms with Crippen LogP contribution < -0.4 is 5.32 Å². The number of nitrogens with one attached hydrogen (secondary N) is 1. The summed E-state index contributed by atoms with van der Waals surface area (Å²) in [5.74, 6) is -0.291. The van der Waals surface area contributed by atoms with E-state index in [0.29, 0.717) is 32.6 Å². The number of ether oxygens (including phenoxy) is 2. The molecule has 0 amide bonds. The Bertz CT molecular complexity index is 280. The quantitative estimate of drug-likeness (QED) is 0.687. The molecule has 98 valence electrons. The molecule has 0 spiro atoms. The van der Waals surface area contributed by atoms with Crippen LogP contribution in [0.4, 0.5) is 0 Å². The molecule has 0 saturated carbocycles.